The lowest BCUT2D eigenvalue weighted by Gasteiger charge is -2.30. The Morgan fingerprint density at radius 3 is 2.92 bits per heavy atom. The molecule has 1 saturated heterocycles. The molecule has 0 saturated carbocycles. The van der Waals surface area contributed by atoms with Crippen LogP contribution in [0.1, 0.15) is 23.9 Å². The van der Waals surface area contributed by atoms with Gasteiger partial charge >= 0.3 is 0 Å². The third-order valence-electron chi connectivity index (χ3n) is 5.36. The van der Waals surface area contributed by atoms with Gasteiger partial charge in [-0.2, -0.15) is 0 Å². The summed E-state index contributed by atoms with van der Waals surface area (Å²) < 4.78 is 2.26. The van der Waals surface area contributed by atoms with E-state index in [0.717, 1.165) is 31.6 Å². The van der Waals surface area contributed by atoms with Crippen LogP contribution in [0.3, 0.4) is 0 Å². The number of rotatable bonds is 4. The SMILES string of the molecule is CC1NNCC1C(=O)N1CCc2c(ncn2CCc2ccccc2)C1. The number of aryl methyl sites for hydroxylation is 2. The van der Waals surface area contributed by atoms with Crippen LogP contribution >= 0.6 is 0 Å². The second kappa shape index (κ2) is 6.98. The fourth-order valence-corrected chi connectivity index (χ4v) is 3.79. The predicted octanol–water partition coefficient (Wildman–Crippen LogP) is 1.12. The van der Waals surface area contributed by atoms with Crippen molar-refractivity contribution in [2.24, 2.45) is 5.92 Å². The largest absolute Gasteiger partial charge is 0.336 e. The van der Waals surface area contributed by atoms with Crippen LogP contribution in [0.4, 0.5) is 0 Å². The molecule has 2 aromatic rings. The van der Waals surface area contributed by atoms with Crippen LogP contribution in [0.25, 0.3) is 0 Å². The summed E-state index contributed by atoms with van der Waals surface area (Å²) >= 11 is 0. The number of nitrogens with one attached hydrogen (secondary N) is 2. The maximum atomic E-state index is 12.7. The van der Waals surface area contributed by atoms with Crippen molar-refractivity contribution >= 4 is 5.91 Å². The number of carbonyl (C=O) groups excluding carboxylic acids is 1. The van der Waals surface area contributed by atoms with E-state index in [2.05, 4.69) is 51.6 Å². The fourth-order valence-electron chi connectivity index (χ4n) is 3.79. The van der Waals surface area contributed by atoms with Crippen LogP contribution in [-0.4, -0.2) is 39.5 Å². The molecule has 1 amide bonds. The Morgan fingerprint density at radius 2 is 2.16 bits per heavy atom. The van der Waals surface area contributed by atoms with Gasteiger partial charge in [0.1, 0.15) is 0 Å². The van der Waals surface area contributed by atoms with Crippen molar-refractivity contribution in [3.05, 3.63) is 53.6 Å². The molecule has 3 heterocycles. The van der Waals surface area contributed by atoms with Crippen molar-refractivity contribution in [3.8, 4) is 0 Å². The number of hydrogen-bond acceptors (Lipinski definition) is 4. The summed E-state index contributed by atoms with van der Waals surface area (Å²) in [5, 5.41) is 0. The van der Waals surface area contributed by atoms with Crippen molar-refractivity contribution in [2.75, 3.05) is 13.1 Å². The molecule has 132 valence electrons. The summed E-state index contributed by atoms with van der Waals surface area (Å²) in [5.74, 6) is 0.246. The number of nitrogens with zero attached hydrogens (tertiary/aromatic N) is 3. The average molecular weight is 339 g/mol. The van der Waals surface area contributed by atoms with E-state index < -0.39 is 0 Å². The third-order valence-corrected chi connectivity index (χ3v) is 5.36. The lowest BCUT2D eigenvalue weighted by atomic mass is 10.0. The van der Waals surface area contributed by atoms with Gasteiger partial charge < -0.3 is 9.47 Å². The molecule has 1 fully saturated rings. The van der Waals surface area contributed by atoms with E-state index in [1.54, 1.807) is 0 Å². The number of aromatic nitrogens is 2. The second-order valence-corrected chi connectivity index (χ2v) is 7.00. The Kier molecular flexibility index (Phi) is 4.55. The molecule has 0 bridgehead atoms. The van der Waals surface area contributed by atoms with Gasteiger partial charge in [-0.3, -0.25) is 15.6 Å². The van der Waals surface area contributed by atoms with E-state index in [9.17, 15) is 4.79 Å². The van der Waals surface area contributed by atoms with Crippen molar-refractivity contribution in [1.29, 1.82) is 0 Å². The summed E-state index contributed by atoms with van der Waals surface area (Å²) in [7, 11) is 0. The molecule has 0 aliphatic carbocycles. The van der Waals surface area contributed by atoms with Crippen molar-refractivity contribution in [2.45, 2.75) is 38.9 Å². The highest BCUT2D eigenvalue weighted by molar-refractivity contribution is 5.80. The first-order valence-electron chi connectivity index (χ1n) is 9.06. The summed E-state index contributed by atoms with van der Waals surface area (Å²) in [6, 6.07) is 10.7. The van der Waals surface area contributed by atoms with Gasteiger partial charge in [0.15, 0.2) is 0 Å². The highest BCUT2D eigenvalue weighted by Crippen LogP contribution is 2.21. The lowest BCUT2D eigenvalue weighted by molar-refractivity contribution is -0.136. The Labute approximate surface area is 148 Å². The molecule has 2 atom stereocenters. The molecule has 4 rings (SSSR count). The molecule has 1 aromatic carbocycles. The Hall–Kier alpha value is -2.18. The molecule has 2 aliphatic rings. The van der Waals surface area contributed by atoms with Crippen molar-refractivity contribution < 1.29 is 4.79 Å². The van der Waals surface area contributed by atoms with Crippen molar-refractivity contribution in [3.63, 3.8) is 0 Å². The quantitative estimate of drug-likeness (QED) is 0.876. The Balaban J connectivity index is 1.41. The molecule has 25 heavy (non-hydrogen) atoms. The first-order valence-corrected chi connectivity index (χ1v) is 9.06. The number of hydrazine groups is 1. The van der Waals surface area contributed by atoms with Crippen LogP contribution in [0, 0.1) is 5.92 Å². The number of amides is 1. The van der Waals surface area contributed by atoms with Crippen LogP contribution in [0.5, 0.6) is 0 Å². The van der Waals surface area contributed by atoms with Crippen LogP contribution in [0.2, 0.25) is 0 Å². The minimum Gasteiger partial charge on any atom is -0.336 e. The van der Waals surface area contributed by atoms with Crippen molar-refractivity contribution in [1.82, 2.24) is 25.3 Å². The van der Waals surface area contributed by atoms with Crippen LogP contribution < -0.4 is 10.9 Å². The summed E-state index contributed by atoms with van der Waals surface area (Å²) in [6.45, 7) is 5.11. The highest BCUT2D eigenvalue weighted by atomic mass is 16.2. The molecule has 0 spiro atoms. The topological polar surface area (TPSA) is 62.2 Å². The van der Waals surface area contributed by atoms with E-state index in [1.165, 1.54) is 11.3 Å². The fraction of sp³-hybridized carbons (Fsp3) is 0.474. The Bertz CT molecular complexity index is 742. The smallest absolute Gasteiger partial charge is 0.229 e. The number of hydrogen-bond donors (Lipinski definition) is 2. The molecule has 2 aliphatic heterocycles. The van der Waals surface area contributed by atoms with Crippen LogP contribution in [-0.2, 0) is 30.7 Å². The van der Waals surface area contributed by atoms with Gasteiger partial charge in [-0.15, -0.1) is 0 Å². The molecular formula is C19H25N5O. The first-order chi connectivity index (χ1) is 12.2. The molecule has 2 unspecified atom stereocenters. The van der Waals surface area contributed by atoms with E-state index >= 15 is 0 Å². The van der Waals surface area contributed by atoms with E-state index in [4.69, 9.17) is 0 Å². The zero-order valence-corrected chi connectivity index (χ0v) is 14.6. The zero-order valence-electron chi connectivity index (χ0n) is 14.6. The van der Waals surface area contributed by atoms with Gasteiger partial charge in [-0.1, -0.05) is 30.3 Å². The maximum Gasteiger partial charge on any atom is 0.229 e. The summed E-state index contributed by atoms with van der Waals surface area (Å²) in [4.78, 5) is 19.3. The molecule has 1 aromatic heterocycles. The molecule has 6 heteroatoms. The maximum absolute atomic E-state index is 12.7. The van der Waals surface area contributed by atoms with E-state index in [1.807, 2.05) is 17.3 Å². The first kappa shape index (κ1) is 16.3. The Morgan fingerprint density at radius 1 is 1.32 bits per heavy atom. The predicted molar refractivity (Wildman–Crippen MR) is 95.6 cm³/mol. The molecule has 2 N–H and O–H groups in total. The summed E-state index contributed by atoms with van der Waals surface area (Å²) in [6.07, 6.45) is 3.82. The number of benzene rings is 1. The van der Waals surface area contributed by atoms with Gasteiger partial charge in [0.25, 0.3) is 0 Å². The number of carbonyl (C=O) groups is 1. The number of imidazole rings is 1. The minimum atomic E-state index is 0.0155. The molecular weight excluding hydrogens is 314 g/mol. The van der Waals surface area contributed by atoms with E-state index in [0.29, 0.717) is 13.1 Å². The van der Waals surface area contributed by atoms with E-state index in [-0.39, 0.29) is 17.9 Å². The van der Waals surface area contributed by atoms with Gasteiger partial charge in [-0.25, -0.2) is 4.98 Å². The van der Waals surface area contributed by atoms with Gasteiger partial charge in [0, 0.05) is 37.8 Å². The van der Waals surface area contributed by atoms with Crippen LogP contribution in [0.15, 0.2) is 36.7 Å². The minimum absolute atomic E-state index is 0.0155. The van der Waals surface area contributed by atoms with Gasteiger partial charge in [0.05, 0.1) is 24.5 Å². The summed E-state index contributed by atoms with van der Waals surface area (Å²) in [5.41, 5.74) is 9.89. The highest BCUT2D eigenvalue weighted by Gasteiger charge is 2.34. The monoisotopic (exact) mass is 339 g/mol. The number of fused-ring (bicyclic) bond motifs is 1. The average Bonchev–Trinajstić information content (AvgIpc) is 3.25. The second-order valence-electron chi connectivity index (χ2n) is 7.00. The lowest BCUT2D eigenvalue weighted by Crippen LogP contribution is -2.43. The van der Waals surface area contributed by atoms with Gasteiger partial charge in [-0.05, 0) is 18.9 Å². The third kappa shape index (κ3) is 3.32. The zero-order chi connectivity index (χ0) is 17.2. The molecule has 6 nitrogen and oxygen atoms in total. The molecule has 0 radical (unpaired) electrons. The standard InChI is InChI=1S/C19H25N5O/c1-14-16(11-21-22-14)19(25)23-10-8-18-17(12-23)20-13-24(18)9-7-15-5-3-2-4-6-15/h2-6,13-14,16,21-22H,7-12H2,1H3. The van der Waals surface area contributed by atoms with Gasteiger partial charge in [0.2, 0.25) is 5.91 Å². The normalized spacial score (nSPS) is 22.8.